The van der Waals surface area contributed by atoms with Crippen LogP contribution in [0.4, 0.5) is 13.2 Å². The van der Waals surface area contributed by atoms with Crippen molar-refractivity contribution in [1.82, 2.24) is 4.90 Å². The number of rotatable bonds is 2. The van der Waals surface area contributed by atoms with Gasteiger partial charge in [-0.15, -0.1) is 0 Å². The molecule has 0 spiro atoms. The summed E-state index contributed by atoms with van der Waals surface area (Å²) in [7, 11) is 0. The zero-order valence-corrected chi connectivity index (χ0v) is 8.98. The summed E-state index contributed by atoms with van der Waals surface area (Å²) in [5.41, 5.74) is -0.750. The van der Waals surface area contributed by atoms with Crippen LogP contribution >= 0.6 is 0 Å². The molecule has 15 heavy (non-hydrogen) atoms. The van der Waals surface area contributed by atoms with Crippen LogP contribution in [0.1, 0.15) is 32.6 Å². The number of alkyl halides is 3. The third-order valence-electron chi connectivity index (χ3n) is 3.07. The highest BCUT2D eigenvalue weighted by molar-refractivity contribution is 4.82. The van der Waals surface area contributed by atoms with E-state index in [0.29, 0.717) is 38.8 Å². The standard InChI is InChI=1S/C10H18F3NO/c1-2-9(15)4-3-6-14(7-5-9)8-10(11,12)13/h15H,2-8H2,1H3. The van der Waals surface area contributed by atoms with Crippen LogP contribution in [0.3, 0.4) is 0 Å². The lowest BCUT2D eigenvalue weighted by molar-refractivity contribution is -0.146. The lowest BCUT2D eigenvalue weighted by Crippen LogP contribution is -2.36. The van der Waals surface area contributed by atoms with E-state index in [-0.39, 0.29) is 0 Å². The third kappa shape index (κ3) is 4.38. The van der Waals surface area contributed by atoms with E-state index in [0.717, 1.165) is 0 Å². The van der Waals surface area contributed by atoms with E-state index in [9.17, 15) is 18.3 Å². The van der Waals surface area contributed by atoms with Crippen LogP contribution < -0.4 is 0 Å². The van der Waals surface area contributed by atoms with Gasteiger partial charge < -0.3 is 5.11 Å². The largest absolute Gasteiger partial charge is 0.401 e. The summed E-state index contributed by atoms with van der Waals surface area (Å²) in [5, 5.41) is 9.97. The van der Waals surface area contributed by atoms with Crippen molar-refractivity contribution in [3.8, 4) is 0 Å². The van der Waals surface area contributed by atoms with E-state index < -0.39 is 18.3 Å². The fourth-order valence-corrected chi connectivity index (χ4v) is 2.00. The van der Waals surface area contributed by atoms with E-state index in [1.165, 1.54) is 4.90 Å². The van der Waals surface area contributed by atoms with Gasteiger partial charge in [-0.25, -0.2) is 0 Å². The van der Waals surface area contributed by atoms with Crippen molar-refractivity contribution in [2.45, 2.75) is 44.4 Å². The molecule has 5 heteroatoms. The molecule has 0 amide bonds. The summed E-state index contributed by atoms with van der Waals surface area (Å²) in [4.78, 5) is 1.38. The predicted octanol–water partition coefficient (Wildman–Crippen LogP) is 2.18. The summed E-state index contributed by atoms with van der Waals surface area (Å²) < 4.78 is 36.4. The molecule has 90 valence electrons. The second-order valence-electron chi connectivity index (χ2n) is 4.32. The average Bonchev–Trinajstić information content (AvgIpc) is 2.27. The Labute approximate surface area is 88.1 Å². The first kappa shape index (κ1) is 12.8. The fourth-order valence-electron chi connectivity index (χ4n) is 2.00. The summed E-state index contributed by atoms with van der Waals surface area (Å²) in [6, 6.07) is 0. The molecule has 0 aromatic heterocycles. The summed E-state index contributed by atoms with van der Waals surface area (Å²) in [6.45, 7) is 1.79. The molecule has 0 radical (unpaired) electrons. The van der Waals surface area contributed by atoms with Crippen molar-refractivity contribution in [3.05, 3.63) is 0 Å². The van der Waals surface area contributed by atoms with Crippen LogP contribution in [0.5, 0.6) is 0 Å². The van der Waals surface area contributed by atoms with Gasteiger partial charge in [-0.05, 0) is 32.2 Å². The summed E-state index contributed by atoms with van der Waals surface area (Å²) >= 11 is 0. The minimum Gasteiger partial charge on any atom is -0.390 e. The van der Waals surface area contributed by atoms with Crippen molar-refractivity contribution < 1.29 is 18.3 Å². The first-order chi connectivity index (χ1) is 6.85. The highest BCUT2D eigenvalue weighted by Crippen LogP contribution is 2.27. The molecule has 1 rings (SSSR count). The number of halogens is 3. The molecule has 0 saturated carbocycles. The molecule has 1 aliphatic heterocycles. The van der Waals surface area contributed by atoms with E-state index in [1.54, 1.807) is 0 Å². The monoisotopic (exact) mass is 225 g/mol. The van der Waals surface area contributed by atoms with Crippen molar-refractivity contribution in [3.63, 3.8) is 0 Å². The number of likely N-dealkylation sites (tertiary alicyclic amines) is 1. The second kappa shape index (κ2) is 4.70. The normalized spacial score (nSPS) is 30.2. The Kier molecular flexibility index (Phi) is 4.00. The van der Waals surface area contributed by atoms with Crippen LogP contribution in [0, 0.1) is 0 Å². The topological polar surface area (TPSA) is 23.5 Å². The van der Waals surface area contributed by atoms with E-state index in [2.05, 4.69) is 0 Å². The number of hydrogen-bond donors (Lipinski definition) is 1. The van der Waals surface area contributed by atoms with Gasteiger partial charge in [-0.3, -0.25) is 4.90 Å². The molecule has 1 heterocycles. The Hall–Kier alpha value is -0.290. The van der Waals surface area contributed by atoms with Gasteiger partial charge in [0.15, 0.2) is 0 Å². The summed E-state index contributed by atoms with van der Waals surface area (Å²) in [5.74, 6) is 0. The van der Waals surface area contributed by atoms with E-state index in [1.807, 2.05) is 6.92 Å². The van der Waals surface area contributed by atoms with Gasteiger partial charge in [0, 0.05) is 6.54 Å². The molecule has 2 nitrogen and oxygen atoms in total. The highest BCUT2D eigenvalue weighted by Gasteiger charge is 2.34. The van der Waals surface area contributed by atoms with Gasteiger partial charge in [-0.2, -0.15) is 13.2 Å². The maximum atomic E-state index is 12.1. The summed E-state index contributed by atoms with van der Waals surface area (Å²) in [6.07, 6.45) is -1.82. The van der Waals surface area contributed by atoms with E-state index in [4.69, 9.17) is 0 Å². The van der Waals surface area contributed by atoms with Gasteiger partial charge in [0.1, 0.15) is 0 Å². The zero-order chi connectivity index (χ0) is 11.5. The first-order valence-corrected chi connectivity index (χ1v) is 5.36. The SMILES string of the molecule is CCC1(O)CCCN(CC(F)(F)F)CC1. The minimum absolute atomic E-state index is 0.337. The van der Waals surface area contributed by atoms with Gasteiger partial charge in [0.2, 0.25) is 0 Å². The Balaban J connectivity index is 2.46. The van der Waals surface area contributed by atoms with Gasteiger partial charge >= 0.3 is 6.18 Å². The first-order valence-electron chi connectivity index (χ1n) is 5.36. The number of aliphatic hydroxyl groups is 1. The molecule has 1 fully saturated rings. The fraction of sp³-hybridized carbons (Fsp3) is 1.00. The van der Waals surface area contributed by atoms with Crippen LogP contribution in [0.25, 0.3) is 0 Å². The Morgan fingerprint density at radius 2 is 1.93 bits per heavy atom. The van der Waals surface area contributed by atoms with Crippen LogP contribution in [-0.2, 0) is 0 Å². The molecule has 0 bridgehead atoms. The average molecular weight is 225 g/mol. The smallest absolute Gasteiger partial charge is 0.390 e. The predicted molar refractivity (Wildman–Crippen MR) is 51.6 cm³/mol. The van der Waals surface area contributed by atoms with Crippen LogP contribution in [0.2, 0.25) is 0 Å². The maximum Gasteiger partial charge on any atom is 0.401 e. The quantitative estimate of drug-likeness (QED) is 0.778. The molecule has 1 unspecified atom stereocenters. The molecular formula is C10H18F3NO. The highest BCUT2D eigenvalue weighted by atomic mass is 19.4. The van der Waals surface area contributed by atoms with E-state index >= 15 is 0 Å². The van der Waals surface area contributed by atoms with Crippen molar-refractivity contribution in [2.24, 2.45) is 0 Å². The molecule has 1 saturated heterocycles. The molecule has 0 aromatic carbocycles. The van der Waals surface area contributed by atoms with Gasteiger partial charge in [-0.1, -0.05) is 6.92 Å². The van der Waals surface area contributed by atoms with Gasteiger partial charge in [0.25, 0.3) is 0 Å². The lowest BCUT2D eigenvalue weighted by Gasteiger charge is -2.25. The van der Waals surface area contributed by atoms with Crippen molar-refractivity contribution in [2.75, 3.05) is 19.6 Å². The van der Waals surface area contributed by atoms with Crippen LogP contribution in [-0.4, -0.2) is 41.4 Å². The minimum atomic E-state index is -4.13. The Bertz CT molecular complexity index is 207. The zero-order valence-electron chi connectivity index (χ0n) is 8.98. The molecule has 0 aliphatic carbocycles. The molecule has 1 N–H and O–H groups in total. The maximum absolute atomic E-state index is 12.1. The second-order valence-corrected chi connectivity index (χ2v) is 4.32. The Morgan fingerprint density at radius 3 is 2.47 bits per heavy atom. The lowest BCUT2D eigenvalue weighted by atomic mass is 9.92. The number of hydrogen-bond acceptors (Lipinski definition) is 2. The molecule has 1 aliphatic rings. The third-order valence-corrected chi connectivity index (χ3v) is 3.07. The molecule has 0 aromatic rings. The molecular weight excluding hydrogens is 207 g/mol. The van der Waals surface area contributed by atoms with Crippen molar-refractivity contribution in [1.29, 1.82) is 0 Å². The van der Waals surface area contributed by atoms with Gasteiger partial charge in [0.05, 0.1) is 12.1 Å². The molecule has 1 atom stereocenters. The number of nitrogens with zero attached hydrogens (tertiary/aromatic N) is 1. The Morgan fingerprint density at radius 1 is 1.27 bits per heavy atom. The van der Waals surface area contributed by atoms with Crippen LogP contribution in [0.15, 0.2) is 0 Å². The van der Waals surface area contributed by atoms with Crippen molar-refractivity contribution >= 4 is 0 Å².